The second-order valence-corrected chi connectivity index (χ2v) is 10.3. The monoisotopic (exact) mass is 426 g/mol. The smallest absolute Gasteiger partial charge is 0.257 e. The number of carbonyl (C=O) groups is 1. The largest absolute Gasteiger partial charge is 0.298 e. The van der Waals surface area contributed by atoms with Gasteiger partial charge in [0, 0.05) is 22.5 Å². The molecule has 1 aliphatic heterocycles. The Morgan fingerprint density at radius 3 is 2.72 bits per heavy atom. The quantitative estimate of drug-likeness (QED) is 0.586. The van der Waals surface area contributed by atoms with Gasteiger partial charge in [-0.2, -0.15) is 0 Å². The van der Waals surface area contributed by atoms with Crippen molar-refractivity contribution >= 4 is 33.7 Å². The zero-order valence-corrected chi connectivity index (χ0v) is 18.6. The number of nitrogens with one attached hydrogen (secondary N) is 1. The average Bonchev–Trinajstić information content (AvgIpc) is 3.43. The molecule has 0 bridgehead atoms. The standard InChI is InChI=1S/C22H26N4OS2/c1-22(2,3)16-8-6-15(7-9-16)20(27)25-21-24-17(14-29-21)18-5-4-11-26(18)13-19-23-10-12-28-19/h6-10,12,14,18H,4-5,11,13H2,1-3H3,(H,24,25,27)/t18-/m0/s1. The van der Waals surface area contributed by atoms with Crippen LogP contribution in [0.25, 0.3) is 0 Å². The molecule has 29 heavy (non-hydrogen) atoms. The molecule has 5 nitrogen and oxygen atoms in total. The number of carbonyl (C=O) groups excluding carboxylic acids is 1. The van der Waals surface area contributed by atoms with Gasteiger partial charge in [0.2, 0.25) is 0 Å². The number of nitrogens with zero attached hydrogens (tertiary/aromatic N) is 3. The number of thiazole rings is 2. The first kappa shape index (κ1) is 20.2. The van der Waals surface area contributed by atoms with E-state index >= 15 is 0 Å². The molecule has 1 atom stereocenters. The Bertz CT molecular complexity index is 958. The number of aromatic nitrogens is 2. The number of likely N-dealkylation sites (tertiary alicyclic amines) is 1. The van der Waals surface area contributed by atoms with Gasteiger partial charge in [0.1, 0.15) is 5.01 Å². The van der Waals surface area contributed by atoms with Gasteiger partial charge in [-0.1, -0.05) is 32.9 Å². The van der Waals surface area contributed by atoms with Crippen LogP contribution in [-0.4, -0.2) is 27.3 Å². The predicted molar refractivity (Wildman–Crippen MR) is 120 cm³/mol. The van der Waals surface area contributed by atoms with E-state index in [0.717, 1.165) is 36.6 Å². The molecular formula is C22H26N4OS2. The van der Waals surface area contributed by atoms with Crippen molar-refractivity contribution in [2.24, 2.45) is 0 Å². The molecule has 0 aliphatic carbocycles. The molecule has 0 radical (unpaired) electrons. The van der Waals surface area contributed by atoms with Crippen molar-refractivity contribution in [2.75, 3.05) is 11.9 Å². The van der Waals surface area contributed by atoms with Crippen molar-refractivity contribution < 1.29 is 4.79 Å². The SMILES string of the molecule is CC(C)(C)c1ccc(C(=O)Nc2nc([C@@H]3CCCN3Cc3nccs3)cs2)cc1. The van der Waals surface area contributed by atoms with Crippen LogP contribution in [0.15, 0.2) is 41.2 Å². The summed E-state index contributed by atoms with van der Waals surface area (Å²) in [4.78, 5) is 24.2. The fourth-order valence-corrected chi connectivity index (χ4v) is 5.04. The summed E-state index contributed by atoms with van der Waals surface area (Å²) in [5.74, 6) is -0.113. The Morgan fingerprint density at radius 1 is 1.24 bits per heavy atom. The van der Waals surface area contributed by atoms with Gasteiger partial charge in [-0.15, -0.1) is 22.7 Å². The number of amides is 1. The summed E-state index contributed by atoms with van der Waals surface area (Å²) in [5.41, 5.74) is 2.99. The lowest BCUT2D eigenvalue weighted by Crippen LogP contribution is -2.23. The highest BCUT2D eigenvalue weighted by atomic mass is 32.1. The highest BCUT2D eigenvalue weighted by Gasteiger charge is 2.28. The van der Waals surface area contributed by atoms with E-state index < -0.39 is 0 Å². The van der Waals surface area contributed by atoms with E-state index in [1.165, 1.54) is 16.9 Å². The molecule has 2 aromatic heterocycles. The van der Waals surface area contributed by atoms with E-state index in [4.69, 9.17) is 4.98 Å². The Morgan fingerprint density at radius 2 is 2.03 bits per heavy atom. The summed E-state index contributed by atoms with van der Waals surface area (Å²) >= 11 is 3.19. The highest BCUT2D eigenvalue weighted by molar-refractivity contribution is 7.14. The highest BCUT2D eigenvalue weighted by Crippen LogP contribution is 2.35. The van der Waals surface area contributed by atoms with Gasteiger partial charge in [-0.05, 0) is 42.5 Å². The number of benzene rings is 1. The van der Waals surface area contributed by atoms with Crippen LogP contribution in [0, 0.1) is 0 Å². The zero-order valence-electron chi connectivity index (χ0n) is 17.0. The molecule has 1 saturated heterocycles. The fourth-order valence-electron chi connectivity index (χ4n) is 3.64. The molecule has 0 spiro atoms. The third-order valence-corrected chi connectivity index (χ3v) is 6.82. The molecule has 1 aliphatic rings. The van der Waals surface area contributed by atoms with Crippen LogP contribution in [0.3, 0.4) is 0 Å². The van der Waals surface area contributed by atoms with Gasteiger partial charge in [0.05, 0.1) is 18.3 Å². The average molecular weight is 427 g/mol. The molecule has 3 aromatic rings. The Balaban J connectivity index is 1.41. The summed E-state index contributed by atoms with van der Waals surface area (Å²) in [6.45, 7) is 8.42. The van der Waals surface area contributed by atoms with Crippen molar-refractivity contribution in [3.8, 4) is 0 Å². The first-order valence-corrected chi connectivity index (χ1v) is 11.7. The maximum Gasteiger partial charge on any atom is 0.257 e. The van der Waals surface area contributed by atoms with Crippen LogP contribution >= 0.6 is 22.7 Å². The minimum atomic E-state index is -0.113. The minimum absolute atomic E-state index is 0.0744. The van der Waals surface area contributed by atoms with Gasteiger partial charge < -0.3 is 0 Å². The molecule has 3 heterocycles. The maximum atomic E-state index is 12.6. The van der Waals surface area contributed by atoms with Crippen molar-refractivity contribution in [1.82, 2.24) is 14.9 Å². The Hall–Kier alpha value is -2.09. The summed E-state index contributed by atoms with van der Waals surface area (Å²) in [5, 5.41) is 8.85. The summed E-state index contributed by atoms with van der Waals surface area (Å²) < 4.78 is 0. The lowest BCUT2D eigenvalue weighted by molar-refractivity contribution is 0.102. The second kappa shape index (κ2) is 8.34. The third-order valence-electron chi connectivity index (χ3n) is 5.28. The van der Waals surface area contributed by atoms with E-state index in [2.05, 4.69) is 41.4 Å². The van der Waals surface area contributed by atoms with Crippen LogP contribution in [-0.2, 0) is 12.0 Å². The van der Waals surface area contributed by atoms with Crippen molar-refractivity contribution in [3.05, 3.63) is 63.1 Å². The lowest BCUT2D eigenvalue weighted by atomic mass is 9.87. The number of rotatable bonds is 5. The molecule has 4 rings (SSSR count). The van der Waals surface area contributed by atoms with Crippen LogP contribution in [0.2, 0.25) is 0 Å². The topological polar surface area (TPSA) is 58.1 Å². The van der Waals surface area contributed by atoms with E-state index in [-0.39, 0.29) is 11.3 Å². The fraction of sp³-hybridized carbons (Fsp3) is 0.409. The summed E-state index contributed by atoms with van der Waals surface area (Å²) in [6, 6.07) is 8.12. The van der Waals surface area contributed by atoms with E-state index in [0.29, 0.717) is 16.7 Å². The number of anilines is 1. The molecular weight excluding hydrogens is 400 g/mol. The van der Waals surface area contributed by atoms with E-state index in [1.807, 2.05) is 35.8 Å². The summed E-state index contributed by atoms with van der Waals surface area (Å²) in [6.07, 6.45) is 4.11. The molecule has 1 fully saturated rings. The van der Waals surface area contributed by atoms with Crippen LogP contribution in [0.5, 0.6) is 0 Å². The predicted octanol–water partition coefficient (Wildman–Crippen LogP) is 5.49. The van der Waals surface area contributed by atoms with Gasteiger partial charge in [-0.25, -0.2) is 9.97 Å². The number of hydrogen-bond acceptors (Lipinski definition) is 6. The van der Waals surface area contributed by atoms with E-state index in [1.54, 1.807) is 11.3 Å². The van der Waals surface area contributed by atoms with Gasteiger partial charge in [0.25, 0.3) is 5.91 Å². The second-order valence-electron chi connectivity index (χ2n) is 8.41. The molecule has 0 unspecified atom stereocenters. The molecule has 0 saturated carbocycles. The Labute approximate surface area is 179 Å². The Kier molecular flexibility index (Phi) is 5.81. The van der Waals surface area contributed by atoms with Gasteiger partial charge in [-0.3, -0.25) is 15.0 Å². The van der Waals surface area contributed by atoms with Crippen molar-refractivity contribution in [1.29, 1.82) is 0 Å². The lowest BCUT2D eigenvalue weighted by Gasteiger charge is -2.21. The van der Waals surface area contributed by atoms with Crippen LogP contribution in [0.4, 0.5) is 5.13 Å². The molecule has 1 N–H and O–H groups in total. The molecule has 152 valence electrons. The first-order chi connectivity index (χ1) is 13.9. The van der Waals surface area contributed by atoms with Crippen LogP contribution < -0.4 is 5.32 Å². The minimum Gasteiger partial charge on any atom is -0.298 e. The van der Waals surface area contributed by atoms with Gasteiger partial charge in [0.15, 0.2) is 5.13 Å². The van der Waals surface area contributed by atoms with Crippen molar-refractivity contribution in [2.45, 2.75) is 51.6 Å². The zero-order chi connectivity index (χ0) is 20.4. The molecule has 1 amide bonds. The van der Waals surface area contributed by atoms with Crippen molar-refractivity contribution in [3.63, 3.8) is 0 Å². The normalized spacial score (nSPS) is 17.6. The molecule has 7 heteroatoms. The first-order valence-electron chi connectivity index (χ1n) is 9.90. The third kappa shape index (κ3) is 4.74. The summed E-state index contributed by atoms with van der Waals surface area (Å²) in [7, 11) is 0. The van der Waals surface area contributed by atoms with Gasteiger partial charge >= 0.3 is 0 Å². The van der Waals surface area contributed by atoms with Crippen LogP contribution in [0.1, 0.15) is 66.3 Å². The molecule has 1 aromatic carbocycles. The maximum absolute atomic E-state index is 12.6. The number of hydrogen-bond donors (Lipinski definition) is 1. The van der Waals surface area contributed by atoms with E-state index in [9.17, 15) is 4.79 Å².